The standard InChI is InChI=1S/C25H29ClFN5OS.C7H14/c1-3-10-31(11-4-2)12-5-6-22(33)32-13-9-18-21(15-32)34-25-23(18)24(28-16-29-25)30-17-7-8-20(27)19(26)14-17;1-7-5-3-2-4-6-7/h5-8,14,16H,3-4,9-13,15H2,1-2H3,(H,28,29,30);7H,2-6H2,1H3/b6-5+;. The summed E-state index contributed by atoms with van der Waals surface area (Å²) in [6.07, 6.45) is 15.6. The predicted octanol–water partition coefficient (Wildman–Crippen LogP) is 8.38. The lowest BCUT2D eigenvalue weighted by molar-refractivity contribution is -0.126. The second-order valence-corrected chi connectivity index (χ2v) is 12.6. The first kappa shape index (κ1) is 31.4. The summed E-state index contributed by atoms with van der Waals surface area (Å²) in [5.74, 6) is 1.28. The number of rotatable bonds is 9. The Labute approximate surface area is 253 Å². The van der Waals surface area contributed by atoms with Gasteiger partial charge >= 0.3 is 0 Å². The molecule has 0 bridgehead atoms. The van der Waals surface area contributed by atoms with Crippen LogP contribution in [0.3, 0.4) is 0 Å². The number of halogens is 2. The number of hydrogen-bond acceptors (Lipinski definition) is 6. The van der Waals surface area contributed by atoms with Crippen molar-refractivity contribution in [2.75, 3.05) is 31.5 Å². The van der Waals surface area contributed by atoms with Gasteiger partial charge < -0.3 is 10.2 Å². The van der Waals surface area contributed by atoms with E-state index >= 15 is 0 Å². The number of benzene rings is 1. The summed E-state index contributed by atoms with van der Waals surface area (Å²) in [6, 6.07) is 4.49. The molecule has 222 valence electrons. The van der Waals surface area contributed by atoms with Gasteiger partial charge in [-0.15, -0.1) is 11.3 Å². The minimum atomic E-state index is -0.463. The number of aromatic nitrogens is 2. The van der Waals surface area contributed by atoms with Crippen molar-refractivity contribution < 1.29 is 9.18 Å². The quantitative estimate of drug-likeness (QED) is 0.250. The number of amides is 1. The van der Waals surface area contributed by atoms with E-state index in [2.05, 4.69) is 41.0 Å². The lowest BCUT2D eigenvalue weighted by Crippen LogP contribution is -2.34. The molecule has 1 saturated carbocycles. The minimum absolute atomic E-state index is 0.0430. The van der Waals surface area contributed by atoms with E-state index < -0.39 is 5.82 Å². The number of hydrogen-bond donors (Lipinski definition) is 1. The normalized spacial score (nSPS) is 15.7. The Morgan fingerprint density at radius 2 is 1.95 bits per heavy atom. The molecular weight excluding hydrogens is 557 g/mol. The summed E-state index contributed by atoms with van der Waals surface area (Å²) < 4.78 is 13.5. The lowest BCUT2D eigenvalue weighted by atomic mass is 9.91. The van der Waals surface area contributed by atoms with E-state index in [0.717, 1.165) is 59.9 Å². The molecule has 1 aliphatic heterocycles. The monoisotopic (exact) mass is 599 g/mol. The van der Waals surface area contributed by atoms with Gasteiger partial charge in [0, 0.05) is 29.7 Å². The van der Waals surface area contributed by atoms with E-state index in [1.54, 1.807) is 29.5 Å². The fraction of sp³-hybridized carbons (Fsp3) is 0.531. The van der Waals surface area contributed by atoms with Gasteiger partial charge in [0.1, 0.15) is 22.8 Å². The van der Waals surface area contributed by atoms with Crippen LogP contribution in [0, 0.1) is 11.7 Å². The SMILES string of the molecule is CC1CCCCC1.CCCN(C/C=C/C(=O)N1CCc2c(sc3ncnc(Nc4ccc(F)c(Cl)c4)c23)C1)CCC. The second kappa shape index (κ2) is 15.6. The molecule has 1 fully saturated rings. The molecular formula is C32H43ClFN5OS. The number of anilines is 2. The molecule has 6 nitrogen and oxygen atoms in total. The van der Waals surface area contributed by atoms with E-state index in [1.807, 2.05) is 11.0 Å². The molecule has 1 N–H and O–H groups in total. The Hall–Kier alpha value is -2.55. The van der Waals surface area contributed by atoms with Crippen molar-refractivity contribution in [3.05, 3.63) is 58.0 Å². The summed E-state index contributed by atoms with van der Waals surface area (Å²) in [6.45, 7) is 10.8. The topological polar surface area (TPSA) is 61.4 Å². The number of nitrogens with zero attached hydrogens (tertiary/aromatic N) is 4. The molecule has 2 aromatic heterocycles. The zero-order valence-electron chi connectivity index (χ0n) is 24.6. The van der Waals surface area contributed by atoms with Gasteiger partial charge in [0.25, 0.3) is 0 Å². The maximum Gasteiger partial charge on any atom is 0.246 e. The van der Waals surface area contributed by atoms with Gasteiger partial charge in [-0.25, -0.2) is 14.4 Å². The zero-order chi connectivity index (χ0) is 29.2. The molecule has 3 aromatic rings. The average molecular weight is 600 g/mol. The van der Waals surface area contributed by atoms with Gasteiger partial charge in [0.15, 0.2) is 0 Å². The van der Waals surface area contributed by atoms with E-state index in [9.17, 15) is 9.18 Å². The number of carbonyl (C=O) groups excluding carboxylic acids is 1. The van der Waals surface area contributed by atoms with Crippen molar-refractivity contribution in [2.24, 2.45) is 5.92 Å². The highest BCUT2D eigenvalue weighted by atomic mass is 35.5. The smallest absolute Gasteiger partial charge is 0.246 e. The van der Waals surface area contributed by atoms with Crippen LogP contribution in [-0.4, -0.2) is 51.9 Å². The number of carbonyl (C=O) groups is 1. The second-order valence-electron chi connectivity index (χ2n) is 11.1. The van der Waals surface area contributed by atoms with Crippen LogP contribution >= 0.6 is 22.9 Å². The number of fused-ring (bicyclic) bond motifs is 3. The third-order valence-corrected chi connectivity index (χ3v) is 9.14. The first-order valence-electron chi connectivity index (χ1n) is 15.0. The Morgan fingerprint density at radius 1 is 1.20 bits per heavy atom. The van der Waals surface area contributed by atoms with Crippen molar-refractivity contribution in [3.63, 3.8) is 0 Å². The van der Waals surface area contributed by atoms with Crippen LogP contribution in [0.5, 0.6) is 0 Å². The number of thiophene rings is 1. The zero-order valence-corrected chi connectivity index (χ0v) is 26.2. The number of nitrogens with one attached hydrogen (secondary N) is 1. The maximum absolute atomic E-state index is 13.5. The van der Waals surface area contributed by atoms with Crippen molar-refractivity contribution in [3.8, 4) is 0 Å². The Kier molecular flexibility index (Phi) is 12.0. The summed E-state index contributed by atoms with van der Waals surface area (Å²) in [5.41, 5.74) is 1.82. The van der Waals surface area contributed by atoms with Crippen LogP contribution in [-0.2, 0) is 17.8 Å². The van der Waals surface area contributed by atoms with Gasteiger partial charge in [-0.1, -0.05) is 70.6 Å². The molecule has 1 amide bonds. The first-order chi connectivity index (χ1) is 19.9. The molecule has 9 heteroatoms. The highest BCUT2D eigenvalue weighted by Crippen LogP contribution is 2.38. The van der Waals surface area contributed by atoms with Crippen LogP contribution in [0.4, 0.5) is 15.9 Å². The molecule has 0 spiro atoms. The van der Waals surface area contributed by atoms with E-state index in [1.165, 1.54) is 50.1 Å². The molecule has 5 rings (SSSR count). The molecule has 2 aliphatic rings. The predicted molar refractivity (Wildman–Crippen MR) is 170 cm³/mol. The lowest BCUT2D eigenvalue weighted by Gasteiger charge is -2.26. The van der Waals surface area contributed by atoms with Crippen LogP contribution < -0.4 is 5.32 Å². The molecule has 1 aromatic carbocycles. The van der Waals surface area contributed by atoms with Crippen LogP contribution in [0.15, 0.2) is 36.7 Å². The molecule has 0 radical (unpaired) electrons. The molecule has 0 unspecified atom stereocenters. The van der Waals surface area contributed by atoms with Crippen LogP contribution in [0.1, 0.15) is 76.2 Å². The van der Waals surface area contributed by atoms with Gasteiger partial charge in [-0.2, -0.15) is 0 Å². The Balaban J connectivity index is 0.000000483. The highest BCUT2D eigenvalue weighted by molar-refractivity contribution is 7.19. The molecule has 0 atom stereocenters. The molecule has 41 heavy (non-hydrogen) atoms. The summed E-state index contributed by atoms with van der Waals surface area (Å²) >= 11 is 7.52. The fourth-order valence-corrected chi connectivity index (χ4v) is 6.95. The third-order valence-electron chi connectivity index (χ3n) is 7.73. The average Bonchev–Trinajstić information content (AvgIpc) is 3.35. The highest BCUT2D eigenvalue weighted by Gasteiger charge is 2.25. The molecule has 3 heterocycles. The van der Waals surface area contributed by atoms with Crippen molar-refractivity contribution >= 4 is 50.6 Å². The van der Waals surface area contributed by atoms with Gasteiger partial charge in [0.05, 0.1) is 17.0 Å². The third kappa shape index (κ3) is 8.72. The van der Waals surface area contributed by atoms with E-state index in [-0.39, 0.29) is 10.9 Å². The summed E-state index contributed by atoms with van der Waals surface area (Å²) in [5, 5.41) is 4.26. The molecule has 1 aliphatic carbocycles. The molecule has 0 saturated heterocycles. The van der Waals surface area contributed by atoms with E-state index in [0.29, 0.717) is 24.6 Å². The van der Waals surface area contributed by atoms with Gasteiger partial charge in [-0.05, 0) is 62.0 Å². The Morgan fingerprint density at radius 3 is 2.61 bits per heavy atom. The Bertz CT molecular complexity index is 1320. The van der Waals surface area contributed by atoms with Crippen molar-refractivity contribution in [1.82, 2.24) is 19.8 Å². The van der Waals surface area contributed by atoms with Gasteiger partial charge in [-0.3, -0.25) is 9.69 Å². The first-order valence-corrected chi connectivity index (χ1v) is 16.2. The van der Waals surface area contributed by atoms with Gasteiger partial charge in [0.2, 0.25) is 5.91 Å². The van der Waals surface area contributed by atoms with Crippen LogP contribution in [0.2, 0.25) is 5.02 Å². The minimum Gasteiger partial charge on any atom is -0.340 e. The maximum atomic E-state index is 13.5. The summed E-state index contributed by atoms with van der Waals surface area (Å²) in [4.78, 5) is 28.0. The van der Waals surface area contributed by atoms with Crippen molar-refractivity contribution in [2.45, 2.75) is 78.7 Å². The summed E-state index contributed by atoms with van der Waals surface area (Å²) in [7, 11) is 0. The van der Waals surface area contributed by atoms with E-state index in [4.69, 9.17) is 11.6 Å². The van der Waals surface area contributed by atoms with Crippen LogP contribution in [0.25, 0.3) is 10.2 Å². The largest absolute Gasteiger partial charge is 0.340 e. The fourth-order valence-electron chi connectivity index (χ4n) is 5.56. The van der Waals surface area contributed by atoms with Crippen molar-refractivity contribution in [1.29, 1.82) is 0 Å².